The van der Waals surface area contributed by atoms with Gasteiger partial charge in [-0.25, -0.2) is 0 Å². The van der Waals surface area contributed by atoms with Gasteiger partial charge in [0.1, 0.15) is 5.56 Å². The van der Waals surface area contributed by atoms with Crippen LogP contribution in [0.15, 0.2) is 15.3 Å². The SMILES string of the molecule is CCc1[nH]c(=O)c(C(=O)N[C@@H](C)CC)cc1Br. The third-order valence-electron chi connectivity index (χ3n) is 2.66. The summed E-state index contributed by atoms with van der Waals surface area (Å²) in [5.41, 5.74) is 0.607. The fourth-order valence-corrected chi connectivity index (χ4v) is 1.98. The summed E-state index contributed by atoms with van der Waals surface area (Å²) in [5, 5.41) is 2.77. The summed E-state index contributed by atoms with van der Waals surface area (Å²) in [7, 11) is 0. The zero-order chi connectivity index (χ0) is 13.0. The Morgan fingerprint density at radius 1 is 1.53 bits per heavy atom. The molecule has 0 spiro atoms. The minimum Gasteiger partial charge on any atom is -0.349 e. The molecule has 94 valence electrons. The van der Waals surface area contributed by atoms with Crippen molar-refractivity contribution in [2.75, 3.05) is 0 Å². The first kappa shape index (κ1) is 14.0. The number of hydrogen-bond donors (Lipinski definition) is 2. The molecule has 0 aliphatic heterocycles. The molecule has 1 aromatic heterocycles. The largest absolute Gasteiger partial charge is 0.349 e. The van der Waals surface area contributed by atoms with Crippen LogP contribution in [0, 0.1) is 0 Å². The summed E-state index contributed by atoms with van der Waals surface area (Å²) in [6, 6.07) is 1.64. The molecule has 0 bridgehead atoms. The summed E-state index contributed by atoms with van der Waals surface area (Å²) in [6.45, 7) is 5.82. The van der Waals surface area contributed by atoms with Crippen molar-refractivity contribution in [2.45, 2.75) is 39.7 Å². The third-order valence-corrected chi connectivity index (χ3v) is 3.36. The first-order valence-corrected chi connectivity index (χ1v) is 6.51. The molecule has 1 amide bonds. The maximum Gasteiger partial charge on any atom is 0.261 e. The van der Waals surface area contributed by atoms with Crippen LogP contribution in [-0.4, -0.2) is 16.9 Å². The van der Waals surface area contributed by atoms with Crippen LogP contribution in [0.2, 0.25) is 0 Å². The predicted octanol–water partition coefficient (Wildman–Crippen LogP) is 2.23. The van der Waals surface area contributed by atoms with Gasteiger partial charge in [0, 0.05) is 16.2 Å². The fourth-order valence-electron chi connectivity index (χ4n) is 1.37. The molecule has 5 heteroatoms. The van der Waals surface area contributed by atoms with Crippen LogP contribution < -0.4 is 10.9 Å². The van der Waals surface area contributed by atoms with E-state index in [1.54, 1.807) is 6.07 Å². The predicted molar refractivity (Wildman–Crippen MR) is 71.4 cm³/mol. The van der Waals surface area contributed by atoms with E-state index in [9.17, 15) is 9.59 Å². The number of pyridine rings is 1. The van der Waals surface area contributed by atoms with E-state index in [2.05, 4.69) is 26.2 Å². The Kier molecular flexibility index (Phi) is 4.93. The van der Waals surface area contributed by atoms with Gasteiger partial charge in [-0.3, -0.25) is 9.59 Å². The lowest BCUT2D eigenvalue weighted by Gasteiger charge is -2.11. The number of halogens is 1. The van der Waals surface area contributed by atoms with Gasteiger partial charge in [-0.2, -0.15) is 0 Å². The molecule has 1 atom stereocenters. The van der Waals surface area contributed by atoms with Gasteiger partial charge in [-0.15, -0.1) is 0 Å². The molecule has 1 heterocycles. The molecule has 0 aromatic carbocycles. The zero-order valence-electron chi connectivity index (χ0n) is 10.3. The van der Waals surface area contributed by atoms with Crippen LogP contribution in [0.5, 0.6) is 0 Å². The second kappa shape index (κ2) is 6.00. The smallest absolute Gasteiger partial charge is 0.261 e. The Morgan fingerprint density at radius 3 is 2.71 bits per heavy atom. The maximum absolute atomic E-state index is 11.8. The average Bonchev–Trinajstić information content (AvgIpc) is 2.31. The van der Waals surface area contributed by atoms with Crippen LogP contribution in [0.4, 0.5) is 0 Å². The first-order valence-electron chi connectivity index (χ1n) is 5.72. The zero-order valence-corrected chi connectivity index (χ0v) is 11.8. The van der Waals surface area contributed by atoms with Gasteiger partial charge < -0.3 is 10.3 Å². The standard InChI is InChI=1S/C12H17BrN2O2/c1-4-7(3)14-11(16)8-6-9(13)10(5-2)15-12(8)17/h6-7H,4-5H2,1-3H3,(H,14,16)(H,15,17)/t7-/m0/s1. The lowest BCUT2D eigenvalue weighted by atomic mass is 10.2. The highest BCUT2D eigenvalue weighted by Crippen LogP contribution is 2.14. The summed E-state index contributed by atoms with van der Waals surface area (Å²) in [6.07, 6.45) is 1.54. The summed E-state index contributed by atoms with van der Waals surface area (Å²) in [5.74, 6) is -0.330. The van der Waals surface area contributed by atoms with Crippen molar-refractivity contribution in [1.82, 2.24) is 10.3 Å². The van der Waals surface area contributed by atoms with Crippen molar-refractivity contribution in [3.05, 3.63) is 32.2 Å². The highest BCUT2D eigenvalue weighted by atomic mass is 79.9. The van der Waals surface area contributed by atoms with E-state index < -0.39 is 0 Å². The van der Waals surface area contributed by atoms with Gasteiger partial charge in [0.15, 0.2) is 0 Å². The second-order valence-electron chi connectivity index (χ2n) is 3.97. The summed E-state index contributed by atoms with van der Waals surface area (Å²) >= 11 is 3.34. The molecule has 0 aliphatic rings. The number of carbonyl (C=O) groups is 1. The molecule has 0 aliphatic carbocycles. The molecule has 2 N–H and O–H groups in total. The van der Waals surface area contributed by atoms with Crippen molar-refractivity contribution < 1.29 is 4.79 Å². The topological polar surface area (TPSA) is 62.0 Å². The van der Waals surface area contributed by atoms with Crippen molar-refractivity contribution in [3.8, 4) is 0 Å². The molecular formula is C12H17BrN2O2. The Labute approximate surface area is 109 Å². The van der Waals surface area contributed by atoms with Crippen molar-refractivity contribution in [3.63, 3.8) is 0 Å². The lowest BCUT2D eigenvalue weighted by Crippen LogP contribution is -2.35. The minimum atomic E-state index is -0.342. The second-order valence-corrected chi connectivity index (χ2v) is 4.83. The van der Waals surface area contributed by atoms with Crippen molar-refractivity contribution in [2.24, 2.45) is 0 Å². The van der Waals surface area contributed by atoms with Gasteiger partial charge in [-0.1, -0.05) is 13.8 Å². The van der Waals surface area contributed by atoms with Gasteiger partial charge in [0.05, 0.1) is 0 Å². The molecule has 0 saturated heterocycles. The molecule has 17 heavy (non-hydrogen) atoms. The molecule has 4 nitrogen and oxygen atoms in total. The van der Waals surface area contributed by atoms with Crippen molar-refractivity contribution in [1.29, 1.82) is 0 Å². The fraction of sp³-hybridized carbons (Fsp3) is 0.500. The number of amides is 1. The number of hydrogen-bond acceptors (Lipinski definition) is 2. The molecule has 1 rings (SSSR count). The van der Waals surface area contributed by atoms with E-state index >= 15 is 0 Å². The average molecular weight is 301 g/mol. The number of H-pyrrole nitrogens is 1. The summed E-state index contributed by atoms with van der Waals surface area (Å²) < 4.78 is 0.758. The van der Waals surface area contributed by atoms with Gasteiger partial charge in [0.25, 0.3) is 11.5 Å². The molecular weight excluding hydrogens is 284 g/mol. The molecule has 0 radical (unpaired) electrons. The first-order chi connectivity index (χ1) is 7.99. The van der Waals surface area contributed by atoms with Crippen molar-refractivity contribution >= 4 is 21.8 Å². The van der Waals surface area contributed by atoms with Gasteiger partial charge >= 0.3 is 0 Å². The Bertz CT molecular complexity index is 468. The maximum atomic E-state index is 11.8. The number of aromatic amines is 1. The Balaban J connectivity index is 3.03. The molecule has 0 unspecified atom stereocenters. The number of carbonyl (C=O) groups excluding carboxylic acids is 1. The number of rotatable bonds is 4. The quantitative estimate of drug-likeness (QED) is 0.896. The Morgan fingerprint density at radius 2 is 2.18 bits per heavy atom. The van der Waals surface area contributed by atoms with Crippen LogP contribution >= 0.6 is 15.9 Å². The molecule has 0 fully saturated rings. The number of aromatic nitrogens is 1. The van der Waals surface area contributed by atoms with Crippen LogP contribution in [-0.2, 0) is 6.42 Å². The third kappa shape index (κ3) is 3.43. The molecule has 0 saturated carbocycles. The van der Waals surface area contributed by atoms with E-state index in [0.29, 0.717) is 6.42 Å². The normalized spacial score (nSPS) is 12.2. The van der Waals surface area contributed by atoms with Crippen LogP contribution in [0.25, 0.3) is 0 Å². The van der Waals surface area contributed by atoms with Gasteiger partial charge in [0.2, 0.25) is 0 Å². The van der Waals surface area contributed by atoms with E-state index in [-0.39, 0.29) is 23.1 Å². The molecule has 1 aromatic rings. The highest BCUT2D eigenvalue weighted by Gasteiger charge is 2.14. The van der Waals surface area contributed by atoms with E-state index in [1.807, 2.05) is 20.8 Å². The van der Waals surface area contributed by atoms with E-state index in [0.717, 1.165) is 16.6 Å². The highest BCUT2D eigenvalue weighted by molar-refractivity contribution is 9.10. The Hall–Kier alpha value is -1.10. The monoisotopic (exact) mass is 300 g/mol. The van der Waals surface area contributed by atoms with Crippen LogP contribution in [0.3, 0.4) is 0 Å². The van der Waals surface area contributed by atoms with E-state index in [4.69, 9.17) is 0 Å². The number of aryl methyl sites for hydroxylation is 1. The summed E-state index contributed by atoms with van der Waals surface area (Å²) in [4.78, 5) is 26.3. The minimum absolute atomic E-state index is 0.0616. The lowest BCUT2D eigenvalue weighted by molar-refractivity contribution is 0.0937. The van der Waals surface area contributed by atoms with E-state index in [1.165, 1.54) is 0 Å². The van der Waals surface area contributed by atoms with Gasteiger partial charge in [-0.05, 0) is 41.8 Å². The number of nitrogens with one attached hydrogen (secondary N) is 2. The van der Waals surface area contributed by atoms with Crippen LogP contribution in [0.1, 0.15) is 43.2 Å².